The molecule has 6 atom stereocenters. The Morgan fingerprint density at radius 3 is 2.85 bits per heavy atom. The molecule has 176 valence electrons. The Labute approximate surface area is 193 Å². The number of carbonyl (C=O) groups excluding carboxylic acids is 2. The van der Waals surface area contributed by atoms with Crippen molar-refractivity contribution in [3.63, 3.8) is 0 Å². The van der Waals surface area contributed by atoms with E-state index < -0.39 is 24.3 Å². The number of ether oxygens (including phenoxy) is 3. The third kappa shape index (κ3) is 4.02. The number of aliphatic hydroxyl groups is 1. The molecule has 0 radical (unpaired) electrons. The van der Waals surface area contributed by atoms with Gasteiger partial charge in [0.1, 0.15) is 5.75 Å². The summed E-state index contributed by atoms with van der Waals surface area (Å²) in [4.78, 5) is 27.2. The van der Waals surface area contributed by atoms with Gasteiger partial charge in [-0.05, 0) is 55.8 Å². The first-order valence-electron chi connectivity index (χ1n) is 11.6. The summed E-state index contributed by atoms with van der Waals surface area (Å²) in [5.74, 6) is 0.790. The Morgan fingerprint density at radius 1 is 1.30 bits per heavy atom. The van der Waals surface area contributed by atoms with Gasteiger partial charge in [-0.15, -0.1) is 6.58 Å². The van der Waals surface area contributed by atoms with Crippen LogP contribution in [0.1, 0.15) is 37.7 Å². The van der Waals surface area contributed by atoms with Crippen LogP contribution in [-0.4, -0.2) is 60.5 Å². The van der Waals surface area contributed by atoms with E-state index in [-0.39, 0.29) is 24.6 Å². The monoisotopic (exact) mass is 454 g/mol. The number of benzene rings is 1. The van der Waals surface area contributed by atoms with Crippen LogP contribution < -0.4 is 10.1 Å². The lowest BCUT2D eigenvalue weighted by atomic mass is 9.73. The predicted octanol–water partition coefficient (Wildman–Crippen LogP) is 2.69. The molecule has 1 aromatic carbocycles. The van der Waals surface area contributed by atoms with Gasteiger partial charge in [-0.25, -0.2) is 0 Å². The zero-order valence-corrected chi connectivity index (χ0v) is 18.8. The van der Waals surface area contributed by atoms with Gasteiger partial charge >= 0.3 is 11.9 Å². The van der Waals surface area contributed by atoms with Gasteiger partial charge in [-0.3, -0.25) is 14.5 Å². The summed E-state index contributed by atoms with van der Waals surface area (Å²) < 4.78 is 16.8. The SMILES string of the molecule is C=C[C@H]1CN2CC[C@H]1C[C@@H]2[C@@H](O)C1=C2OC(=O)CCCC(=O)OC2Nc2ccc(OC)cc21. The Balaban J connectivity index is 1.60. The van der Waals surface area contributed by atoms with E-state index in [0.717, 1.165) is 25.9 Å². The molecule has 8 nitrogen and oxygen atoms in total. The number of nitrogens with one attached hydrogen (secondary N) is 1. The lowest BCUT2D eigenvalue weighted by Gasteiger charge is -2.51. The van der Waals surface area contributed by atoms with Gasteiger partial charge in [0, 0.05) is 42.3 Å². The first kappa shape index (κ1) is 22.0. The second kappa shape index (κ2) is 8.83. The van der Waals surface area contributed by atoms with Crippen LogP contribution >= 0.6 is 0 Å². The number of hydrogen-bond acceptors (Lipinski definition) is 8. The van der Waals surface area contributed by atoms with Crippen molar-refractivity contribution < 1.29 is 28.9 Å². The fourth-order valence-electron chi connectivity index (χ4n) is 5.62. The molecule has 4 saturated heterocycles. The van der Waals surface area contributed by atoms with E-state index in [9.17, 15) is 14.7 Å². The maximum atomic E-state index is 12.6. The first-order chi connectivity index (χ1) is 16.0. The van der Waals surface area contributed by atoms with Gasteiger partial charge < -0.3 is 24.6 Å². The molecule has 4 fully saturated rings. The molecule has 6 rings (SSSR count). The van der Waals surface area contributed by atoms with E-state index in [1.807, 2.05) is 18.2 Å². The summed E-state index contributed by atoms with van der Waals surface area (Å²) in [6, 6.07) is 5.29. The lowest BCUT2D eigenvalue weighted by Crippen LogP contribution is -2.57. The first-order valence-corrected chi connectivity index (χ1v) is 11.6. The topological polar surface area (TPSA) is 97.3 Å². The van der Waals surface area contributed by atoms with Crippen LogP contribution in [0.3, 0.4) is 0 Å². The minimum Gasteiger partial charge on any atom is -0.497 e. The molecule has 0 aromatic heterocycles. The van der Waals surface area contributed by atoms with Gasteiger partial charge in [0.2, 0.25) is 6.23 Å². The van der Waals surface area contributed by atoms with Gasteiger partial charge in [0.05, 0.1) is 13.2 Å². The van der Waals surface area contributed by atoms with Crippen molar-refractivity contribution in [1.29, 1.82) is 0 Å². The summed E-state index contributed by atoms with van der Waals surface area (Å²) in [5.41, 5.74) is 1.84. The molecule has 5 aliphatic heterocycles. The average molecular weight is 455 g/mol. The second-order valence-electron chi connectivity index (χ2n) is 9.22. The molecule has 2 N–H and O–H groups in total. The molecule has 0 spiro atoms. The molecule has 2 unspecified atom stereocenters. The normalized spacial score (nSPS) is 32.1. The molecule has 5 aliphatic rings. The van der Waals surface area contributed by atoms with Crippen LogP contribution in [-0.2, 0) is 19.1 Å². The maximum Gasteiger partial charge on any atom is 0.311 e. The summed E-state index contributed by atoms with van der Waals surface area (Å²) in [7, 11) is 1.58. The molecule has 8 heteroatoms. The highest BCUT2D eigenvalue weighted by atomic mass is 16.6. The number of methoxy groups -OCH3 is 1. The van der Waals surface area contributed by atoms with E-state index in [0.29, 0.717) is 40.8 Å². The van der Waals surface area contributed by atoms with Gasteiger partial charge in [0.15, 0.2) is 5.76 Å². The lowest BCUT2D eigenvalue weighted by molar-refractivity contribution is -0.149. The van der Waals surface area contributed by atoms with E-state index in [1.54, 1.807) is 13.2 Å². The zero-order chi connectivity index (χ0) is 23.1. The highest BCUT2D eigenvalue weighted by Crippen LogP contribution is 2.45. The fourth-order valence-corrected chi connectivity index (χ4v) is 5.62. The van der Waals surface area contributed by atoms with Crippen molar-refractivity contribution in [2.75, 3.05) is 25.5 Å². The molecule has 33 heavy (non-hydrogen) atoms. The predicted molar refractivity (Wildman–Crippen MR) is 121 cm³/mol. The quantitative estimate of drug-likeness (QED) is 0.530. The Hall–Kier alpha value is -2.84. The van der Waals surface area contributed by atoms with E-state index in [1.165, 1.54) is 0 Å². The van der Waals surface area contributed by atoms with Crippen molar-refractivity contribution in [2.24, 2.45) is 11.8 Å². The summed E-state index contributed by atoms with van der Waals surface area (Å²) in [6.45, 7) is 5.73. The van der Waals surface area contributed by atoms with Gasteiger partial charge in [-0.2, -0.15) is 0 Å². The number of fused-ring (bicyclic) bond motifs is 5. The second-order valence-corrected chi connectivity index (χ2v) is 9.22. The number of esters is 2. The fraction of sp³-hybridized carbons (Fsp3) is 0.520. The van der Waals surface area contributed by atoms with E-state index in [4.69, 9.17) is 14.2 Å². The Morgan fingerprint density at radius 2 is 2.12 bits per heavy atom. The Bertz CT molecular complexity index is 1000. The summed E-state index contributed by atoms with van der Waals surface area (Å²) >= 11 is 0. The van der Waals surface area contributed by atoms with Crippen LogP contribution in [0.25, 0.3) is 5.57 Å². The van der Waals surface area contributed by atoms with E-state index in [2.05, 4.69) is 16.8 Å². The molecule has 2 bridgehead atoms. The van der Waals surface area contributed by atoms with Gasteiger partial charge in [-0.1, -0.05) is 6.08 Å². The van der Waals surface area contributed by atoms with Crippen LogP contribution in [0.15, 0.2) is 36.6 Å². The highest BCUT2D eigenvalue weighted by molar-refractivity contribution is 5.87. The van der Waals surface area contributed by atoms with Crippen molar-refractivity contribution >= 4 is 23.2 Å². The molecule has 0 saturated carbocycles. The molecule has 5 heterocycles. The van der Waals surface area contributed by atoms with Crippen LogP contribution in [0.4, 0.5) is 5.69 Å². The van der Waals surface area contributed by atoms with Crippen molar-refractivity contribution in [2.45, 2.75) is 50.5 Å². The number of nitrogens with zero attached hydrogens (tertiary/aromatic N) is 1. The summed E-state index contributed by atoms with van der Waals surface area (Å²) in [5, 5.41) is 15.0. The third-order valence-corrected chi connectivity index (χ3v) is 7.36. The Kier molecular flexibility index (Phi) is 5.88. The molecular weight excluding hydrogens is 424 g/mol. The number of aliphatic hydroxyl groups excluding tert-OH is 1. The van der Waals surface area contributed by atoms with E-state index >= 15 is 0 Å². The minimum absolute atomic E-state index is 0.109. The van der Waals surface area contributed by atoms with Crippen LogP contribution in [0.2, 0.25) is 0 Å². The van der Waals surface area contributed by atoms with Crippen molar-refractivity contribution in [3.05, 3.63) is 42.2 Å². The smallest absolute Gasteiger partial charge is 0.311 e. The minimum atomic E-state index is -0.984. The highest BCUT2D eigenvalue weighted by Gasteiger charge is 2.46. The van der Waals surface area contributed by atoms with Crippen LogP contribution in [0, 0.1) is 11.8 Å². The maximum absolute atomic E-state index is 12.6. The number of piperidine rings is 3. The molecule has 1 aromatic rings. The number of anilines is 1. The zero-order valence-electron chi connectivity index (χ0n) is 18.8. The largest absolute Gasteiger partial charge is 0.497 e. The summed E-state index contributed by atoms with van der Waals surface area (Å²) in [6.07, 6.45) is 2.59. The number of rotatable bonds is 4. The van der Waals surface area contributed by atoms with Crippen molar-refractivity contribution in [1.82, 2.24) is 4.90 Å². The number of hydrogen-bond donors (Lipinski definition) is 2. The van der Waals surface area contributed by atoms with Crippen LogP contribution in [0.5, 0.6) is 5.75 Å². The molecule has 0 aliphatic carbocycles. The molecule has 0 amide bonds. The average Bonchev–Trinajstić information content (AvgIpc) is 2.90. The van der Waals surface area contributed by atoms with Crippen molar-refractivity contribution in [3.8, 4) is 5.75 Å². The third-order valence-electron chi connectivity index (χ3n) is 7.36. The number of carbonyl (C=O) groups is 2. The standard InChI is InChI=1S/C25H30N2O6/c1-3-14-13-27-10-9-15(14)11-19(27)23(30)22-17-12-16(31-2)7-8-18(17)26-25-24(22)32-20(28)5-4-6-21(29)33-25/h3,7-8,12,14-15,19,23,25-26,30H,1,4-6,9-11,13H2,2H3/t14-,15-,19+,23+,25?/m0/s1. The van der Waals surface area contributed by atoms with Gasteiger partial charge in [0.25, 0.3) is 0 Å². The molecular formula is C25H30N2O6.